The van der Waals surface area contributed by atoms with Gasteiger partial charge in [-0.05, 0) is 31.5 Å². The number of nitrogens with one attached hydrogen (secondary N) is 1. The average molecular weight is 434 g/mol. The van der Waals surface area contributed by atoms with Crippen LogP contribution in [0.2, 0.25) is 0 Å². The molecule has 0 radical (unpaired) electrons. The van der Waals surface area contributed by atoms with Crippen molar-refractivity contribution < 1.29 is 9.47 Å². The van der Waals surface area contributed by atoms with Crippen LogP contribution in [-0.4, -0.2) is 57.4 Å². The summed E-state index contributed by atoms with van der Waals surface area (Å²) in [6.07, 6.45) is 2.16. The van der Waals surface area contributed by atoms with Crippen molar-refractivity contribution in [3.05, 3.63) is 24.3 Å². The van der Waals surface area contributed by atoms with Crippen LogP contribution in [-0.2, 0) is 4.74 Å². The van der Waals surface area contributed by atoms with Crippen LogP contribution in [0.1, 0.15) is 12.8 Å². The third-order valence-electron chi connectivity index (χ3n) is 3.64. The molecule has 0 unspecified atom stereocenters. The fourth-order valence-electron chi connectivity index (χ4n) is 2.40. The molecule has 1 aliphatic heterocycles. The minimum absolute atomic E-state index is 0. The third-order valence-corrected chi connectivity index (χ3v) is 3.64. The number of halogens is 1. The number of hydrogen-bond acceptors (Lipinski definition) is 4. The number of ether oxygens (including phenoxy) is 2. The molecule has 1 heterocycles. The number of anilines is 1. The van der Waals surface area contributed by atoms with Gasteiger partial charge in [-0.25, -0.2) is 0 Å². The van der Waals surface area contributed by atoms with E-state index in [0.717, 1.165) is 63.7 Å². The Balaban J connectivity index is 0.00000264. The second-order valence-corrected chi connectivity index (χ2v) is 5.25. The molecule has 1 fully saturated rings. The minimum Gasteiger partial charge on any atom is -0.495 e. The van der Waals surface area contributed by atoms with Crippen LogP contribution in [0.25, 0.3) is 0 Å². The fraction of sp³-hybridized carbons (Fsp3) is 0.562. The predicted molar refractivity (Wildman–Crippen MR) is 105 cm³/mol. The highest BCUT2D eigenvalue weighted by atomic mass is 127. The number of guanidine groups is 1. The number of para-hydroxylation sites is 2. The lowest BCUT2D eigenvalue weighted by atomic mass is 10.3. The van der Waals surface area contributed by atoms with Crippen LogP contribution in [0.3, 0.4) is 0 Å². The summed E-state index contributed by atoms with van der Waals surface area (Å²) in [6, 6.07) is 7.65. The van der Waals surface area contributed by atoms with E-state index >= 15 is 0 Å². The first-order valence-corrected chi connectivity index (χ1v) is 7.79. The lowest BCUT2D eigenvalue weighted by Gasteiger charge is -2.26. The number of nitrogens with zero attached hydrogens (tertiary/aromatic N) is 2. The van der Waals surface area contributed by atoms with Crippen LogP contribution in [0.15, 0.2) is 29.3 Å². The van der Waals surface area contributed by atoms with Crippen LogP contribution < -0.4 is 15.8 Å². The van der Waals surface area contributed by atoms with Gasteiger partial charge in [-0.2, -0.15) is 0 Å². The van der Waals surface area contributed by atoms with Gasteiger partial charge in [0.1, 0.15) is 5.75 Å². The van der Waals surface area contributed by atoms with Gasteiger partial charge in [0, 0.05) is 19.6 Å². The van der Waals surface area contributed by atoms with E-state index in [1.165, 1.54) is 0 Å². The zero-order chi connectivity index (χ0) is 15.6. The molecule has 7 heteroatoms. The Bertz CT molecular complexity index is 479. The van der Waals surface area contributed by atoms with Crippen molar-refractivity contribution in [1.82, 2.24) is 4.90 Å². The summed E-state index contributed by atoms with van der Waals surface area (Å²) in [4.78, 5) is 6.80. The van der Waals surface area contributed by atoms with Gasteiger partial charge in [-0.1, -0.05) is 12.1 Å². The van der Waals surface area contributed by atoms with Gasteiger partial charge in [0.15, 0.2) is 5.96 Å². The predicted octanol–water partition coefficient (Wildman–Crippen LogP) is 2.15. The SMILES string of the molecule is COc1ccccc1NC(N)=NCCCCN1CCOCC1.I. The first kappa shape index (κ1) is 20.0. The van der Waals surface area contributed by atoms with Gasteiger partial charge in [0.2, 0.25) is 0 Å². The third kappa shape index (κ3) is 7.36. The van der Waals surface area contributed by atoms with E-state index in [2.05, 4.69) is 15.2 Å². The molecule has 130 valence electrons. The number of aliphatic imine (C=N–C) groups is 1. The summed E-state index contributed by atoms with van der Waals surface area (Å²) in [7, 11) is 1.64. The molecule has 23 heavy (non-hydrogen) atoms. The Morgan fingerprint density at radius 2 is 2.04 bits per heavy atom. The standard InChI is InChI=1S/C16H26N4O2.HI/c1-21-15-7-3-2-6-14(15)19-16(17)18-8-4-5-9-20-10-12-22-13-11-20;/h2-3,6-7H,4-5,8-13H2,1H3,(H3,17,18,19);1H. The Hall–Kier alpha value is -1.06. The van der Waals surface area contributed by atoms with Crippen molar-refractivity contribution in [3.8, 4) is 5.75 Å². The van der Waals surface area contributed by atoms with E-state index in [1.807, 2.05) is 24.3 Å². The Kier molecular flexibility index (Phi) is 9.97. The van der Waals surface area contributed by atoms with E-state index in [0.29, 0.717) is 5.96 Å². The number of rotatable bonds is 7. The number of nitrogens with two attached hydrogens (primary N) is 1. The molecule has 6 nitrogen and oxygen atoms in total. The van der Waals surface area contributed by atoms with E-state index < -0.39 is 0 Å². The Morgan fingerprint density at radius 1 is 1.30 bits per heavy atom. The molecule has 0 saturated carbocycles. The molecule has 0 atom stereocenters. The maximum Gasteiger partial charge on any atom is 0.193 e. The largest absolute Gasteiger partial charge is 0.495 e. The molecule has 0 bridgehead atoms. The fourth-order valence-corrected chi connectivity index (χ4v) is 2.40. The number of unbranched alkanes of at least 4 members (excludes halogenated alkanes) is 1. The van der Waals surface area contributed by atoms with Gasteiger partial charge >= 0.3 is 0 Å². The summed E-state index contributed by atoms with van der Waals surface area (Å²) >= 11 is 0. The van der Waals surface area contributed by atoms with Crippen molar-refractivity contribution >= 4 is 35.6 Å². The summed E-state index contributed by atoms with van der Waals surface area (Å²) in [5.41, 5.74) is 6.74. The maximum atomic E-state index is 5.91. The molecule has 1 aromatic carbocycles. The van der Waals surface area contributed by atoms with E-state index in [4.69, 9.17) is 15.2 Å². The molecule has 3 N–H and O–H groups in total. The zero-order valence-electron chi connectivity index (χ0n) is 13.7. The van der Waals surface area contributed by atoms with Gasteiger partial charge in [-0.15, -0.1) is 24.0 Å². The monoisotopic (exact) mass is 434 g/mol. The van der Waals surface area contributed by atoms with Crippen LogP contribution in [0.4, 0.5) is 5.69 Å². The molecule has 1 aromatic rings. The second-order valence-electron chi connectivity index (χ2n) is 5.25. The normalized spacial score (nSPS) is 15.8. The van der Waals surface area contributed by atoms with Crippen LogP contribution >= 0.6 is 24.0 Å². The maximum absolute atomic E-state index is 5.91. The minimum atomic E-state index is 0. The van der Waals surface area contributed by atoms with Crippen molar-refractivity contribution in [1.29, 1.82) is 0 Å². The smallest absolute Gasteiger partial charge is 0.193 e. The molecule has 1 aliphatic rings. The highest BCUT2D eigenvalue weighted by Crippen LogP contribution is 2.22. The topological polar surface area (TPSA) is 72.1 Å². The van der Waals surface area contributed by atoms with E-state index in [-0.39, 0.29) is 24.0 Å². The average Bonchev–Trinajstić information content (AvgIpc) is 2.56. The molecule has 0 aliphatic carbocycles. The number of benzene rings is 1. The lowest BCUT2D eigenvalue weighted by Crippen LogP contribution is -2.36. The second kappa shape index (κ2) is 11.5. The van der Waals surface area contributed by atoms with Crippen molar-refractivity contribution in [3.63, 3.8) is 0 Å². The summed E-state index contributed by atoms with van der Waals surface area (Å²) < 4.78 is 10.6. The van der Waals surface area contributed by atoms with Crippen LogP contribution in [0, 0.1) is 0 Å². The highest BCUT2D eigenvalue weighted by Gasteiger charge is 2.08. The zero-order valence-corrected chi connectivity index (χ0v) is 16.0. The molecule has 0 aromatic heterocycles. The van der Waals surface area contributed by atoms with Gasteiger partial charge < -0.3 is 20.5 Å². The molecule has 1 saturated heterocycles. The summed E-state index contributed by atoms with van der Waals surface area (Å²) in [5.74, 6) is 1.18. The molecular weight excluding hydrogens is 407 g/mol. The molecular formula is C16H27IN4O2. The van der Waals surface area contributed by atoms with Gasteiger partial charge in [0.05, 0.1) is 26.0 Å². The quantitative estimate of drug-likeness (QED) is 0.298. The number of methoxy groups -OCH3 is 1. The van der Waals surface area contributed by atoms with E-state index in [9.17, 15) is 0 Å². The van der Waals surface area contributed by atoms with Gasteiger partial charge in [0.25, 0.3) is 0 Å². The van der Waals surface area contributed by atoms with Crippen molar-refractivity contribution in [2.24, 2.45) is 10.7 Å². The summed E-state index contributed by atoms with van der Waals surface area (Å²) in [6.45, 7) is 5.64. The molecule has 0 spiro atoms. The molecule has 0 amide bonds. The highest BCUT2D eigenvalue weighted by molar-refractivity contribution is 14.0. The van der Waals surface area contributed by atoms with Crippen LogP contribution in [0.5, 0.6) is 5.75 Å². The number of hydrogen-bond donors (Lipinski definition) is 2. The Morgan fingerprint density at radius 3 is 2.78 bits per heavy atom. The number of morpholine rings is 1. The first-order valence-electron chi connectivity index (χ1n) is 7.79. The first-order chi connectivity index (χ1) is 10.8. The van der Waals surface area contributed by atoms with Gasteiger partial charge in [-0.3, -0.25) is 9.89 Å². The molecule has 2 rings (SSSR count). The Labute approximate surface area is 155 Å². The van der Waals surface area contributed by atoms with Crippen molar-refractivity contribution in [2.75, 3.05) is 51.8 Å². The van der Waals surface area contributed by atoms with E-state index in [1.54, 1.807) is 7.11 Å². The van der Waals surface area contributed by atoms with Crippen molar-refractivity contribution in [2.45, 2.75) is 12.8 Å². The summed E-state index contributed by atoms with van der Waals surface area (Å²) in [5, 5.41) is 3.08. The lowest BCUT2D eigenvalue weighted by molar-refractivity contribution is 0.0373.